The topological polar surface area (TPSA) is 46.2 Å². The molecule has 3 nitrogen and oxygen atoms in total. The number of rotatable bonds is 5. The van der Waals surface area contributed by atoms with Gasteiger partial charge in [0.1, 0.15) is 0 Å². The molecule has 0 aliphatic heterocycles. The van der Waals surface area contributed by atoms with Crippen LogP contribution in [0.3, 0.4) is 0 Å². The van der Waals surface area contributed by atoms with Gasteiger partial charge < -0.3 is 0 Å². The van der Waals surface area contributed by atoms with Crippen molar-refractivity contribution in [1.82, 2.24) is 4.72 Å². The molecule has 0 amide bonds. The Hall–Kier alpha value is -1.65. The van der Waals surface area contributed by atoms with Gasteiger partial charge in [-0.25, -0.2) is 13.1 Å². The molecule has 0 unspecified atom stereocenters. The van der Waals surface area contributed by atoms with E-state index in [-0.39, 0.29) is 5.41 Å². The van der Waals surface area contributed by atoms with Gasteiger partial charge in [-0.3, -0.25) is 0 Å². The van der Waals surface area contributed by atoms with Crippen LogP contribution in [0.4, 0.5) is 0 Å². The van der Waals surface area contributed by atoms with Crippen LogP contribution in [-0.2, 0) is 15.4 Å². The molecule has 0 aliphatic rings. The van der Waals surface area contributed by atoms with E-state index in [0.29, 0.717) is 11.4 Å². The summed E-state index contributed by atoms with van der Waals surface area (Å²) in [6.45, 7) is 8.31. The highest BCUT2D eigenvalue weighted by Crippen LogP contribution is 2.23. The fraction of sp³-hybridized carbons (Fsp3) is 0.333. The molecule has 0 spiro atoms. The van der Waals surface area contributed by atoms with Crippen LogP contribution in [0.15, 0.2) is 53.4 Å². The summed E-state index contributed by atoms with van der Waals surface area (Å²) < 4.78 is 27.7. The van der Waals surface area contributed by atoms with Crippen molar-refractivity contribution in [2.45, 2.75) is 38.0 Å². The molecule has 0 fully saturated rings. The van der Waals surface area contributed by atoms with Gasteiger partial charge in [0.2, 0.25) is 10.0 Å². The number of nitrogens with one attached hydrogen (secondary N) is 1. The van der Waals surface area contributed by atoms with Crippen molar-refractivity contribution in [3.8, 4) is 0 Å². The number of sulfonamides is 1. The maximum atomic E-state index is 12.5. The quantitative estimate of drug-likeness (QED) is 0.916. The highest BCUT2D eigenvalue weighted by Gasteiger charge is 2.24. The fourth-order valence-corrected chi connectivity index (χ4v) is 3.53. The number of benzene rings is 2. The highest BCUT2D eigenvalue weighted by molar-refractivity contribution is 7.89. The molecule has 4 heteroatoms. The van der Waals surface area contributed by atoms with Gasteiger partial charge in [-0.15, -0.1) is 0 Å². The number of hydrogen-bond donors (Lipinski definition) is 1. The van der Waals surface area contributed by atoms with Gasteiger partial charge in [0, 0.05) is 12.0 Å². The predicted octanol–water partition coefficient (Wildman–Crippen LogP) is 3.56. The van der Waals surface area contributed by atoms with Crippen molar-refractivity contribution in [3.05, 3.63) is 65.2 Å². The molecular formula is C18H23NO2S. The van der Waals surface area contributed by atoms with Crippen molar-refractivity contribution in [2.24, 2.45) is 0 Å². The Morgan fingerprint density at radius 2 is 1.59 bits per heavy atom. The molecule has 0 saturated carbocycles. The minimum Gasteiger partial charge on any atom is -0.210 e. The van der Waals surface area contributed by atoms with Gasteiger partial charge in [0.05, 0.1) is 4.90 Å². The van der Waals surface area contributed by atoms with Crippen LogP contribution < -0.4 is 4.72 Å². The summed E-state index contributed by atoms with van der Waals surface area (Å²) in [7, 11) is -3.49. The van der Waals surface area contributed by atoms with Crippen molar-refractivity contribution >= 4 is 10.0 Å². The van der Waals surface area contributed by atoms with Gasteiger partial charge in [-0.1, -0.05) is 50.2 Å². The zero-order valence-corrected chi connectivity index (χ0v) is 14.4. The van der Waals surface area contributed by atoms with E-state index in [9.17, 15) is 8.42 Å². The number of aryl methyl sites for hydroxylation is 2. The lowest BCUT2D eigenvalue weighted by atomic mass is 9.85. The Morgan fingerprint density at radius 3 is 2.18 bits per heavy atom. The van der Waals surface area contributed by atoms with Crippen LogP contribution in [0.2, 0.25) is 0 Å². The second-order valence-electron chi connectivity index (χ2n) is 6.32. The summed E-state index contributed by atoms with van der Waals surface area (Å²) in [5.74, 6) is 0. The zero-order chi connectivity index (χ0) is 16.4. The Kier molecular flexibility index (Phi) is 4.73. The first-order chi connectivity index (χ1) is 10.2. The predicted molar refractivity (Wildman–Crippen MR) is 90.6 cm³/mol. The first kappa shape index (κ1) is 16.7. The summed E-state index contributed by atoms with van der Waals surface area (Å²) >= 11 is 0. The summed E-state index contributed by atoms with van der Waals surface area (Å²) in [6.07, 6.45) is 0. The third-order valence-electron chi connectivity index (χ3n) is 4.05. The largest absolute Gasteiger partial charge is 0.240 e. The van der Waals surface area contributed by atoms with E-state index in [4.69, 9.17) is 0 Å². The normalized spacial score (nSPS) is 12.4. The smallest absolute Gasteiger partial charge is 0.210 e. The Bertz CT molecular complexity index is 750. The Balaban J connectivity index is 2.17. The first-order valence-corrected chi connectivity index (χ1v) is 8.83. The van der Waals surface area contributed by atoms with Gasteiger partial charge in [0.25, 0.3) is 0 Å². The molecule has 0 heterocycles. The van der Waals surface area contributed by atoms with Crippen LogP contribution in [0.25, 0.3) is 0 Å². The van der Waals surface area contributed by atoms with Gasteiger partial charge in [-0.05, 0) is 42.7 Å². The molecule has 0 radical (unpaired) electrons. The standard InChI is InChI=1S/C18H23NO2S/c1-14-10-11-17(12-15(14)2)22(20,21)19-13-18(3,4)16-8-6-5-7-9-16/h5-12,19H,13H2,1-4H3. The molecule has 2 aromatic rings. The zero-order valence-electron chi connectivity index (χ0n) is 13.6. The molecule has 0 aliphatic carbocycles. The fourth-order valence-electron chi connectivity index (χ4n) is 2.23. The Morgan fingerprint density at radius 1 is 0.955 bits per heavy atom. The second-order valence-corrected chi connectivity index (χ2v) is 8.09. The van der Waals surface area contributed by atoms with Crippen LogP contribution in [0.5, 0.6) is 0 Å². The summed E-state index contributed by atoms with van der Waals surface area (Å²) in [5, 5.41) is 0. The third-order valence-corrected chi connectivity index (χ3v) is 5.45. The second kappa shape index (κ2) is 6.23. The molecule has 118 valence electrons. The average Bonchev–Trinajstić information content (AvgIpc) is 2.49. The van der Waals surface area contributed by atoms with Crippen LogP contribution >= 0.6 is 0 Å². The summed E-state index contributed by atoms with van der Waals surface area (Å²) in [6, 6.07) is 15.1. The van der Waals surface area contributed by atoms with E-state index < -0.39 is 10.0 Å². The lowest BCUT2D eigenvalue weighted by Gasteiger charge is -2.25. The van der Waals surface area contributed by atoms with Crippen molar-refractivity contribution in [3.63, 3.8) is 0 Å². The van der Waals surface area contributed by atoms with Gasteiger partial charge >= 0.3 is 0 Å². The Labute approximate surface area is 133 Å². The lowest BCUT2D eigenvalue weighted by Crippen LogP contribution is -2.36. The van der Waals surface area contributed by atoms with E-state index >= 15 is 0 Å². The molecule has 0 saturated heterocycles. The summed E-state index contributed by atoms with van der Waals surface area (Å²) in [5.41, 5.74) is 2.90. The molecular weight excluding hydrogens is 294 g/mol. The van der Waals surface area contributed by atoms with Gasteiger partial charge in [-0.2, -0.15) is 0 Å². The minimum absolute atomic E-state index is 0.270. The van der Waals surface area contributed by atoms with Crippen molar-refractivity contribution in [2.75, 3.05) is 6.54 Å². The van der Waals surface area contributed by atoms with E-state index in [0.717, 1.165) is 16.7 Å². The highest BCUT2D eigenvalue weighted by atomic mass is 32.2. The minimum atomic E-state index is -3.49. The number of hydrogen-bond acceptors (Lipinski definition) is 2. The molecule has 2 aromatic carbocycles. The van der Waals surface area contributed by atoms with Crippen molar-refractivity contribution < 1.29 is 8.42 Å². The molecule has 0 atom stereocenters. The monoisotopic (exact) mass is 317 g/mol. The average molecular weight is 317 g/mol. The maximum absolute atomic E-state index is 12.5. The molecule has 22 heavy (non-hydrogen) atoms. The molecule has 0 aromatic heterocycles. The third kappa shape index (κ3) is 3.76. The van der Waals surface area contributed by atoms with E-state index in [1.807, 2.05) is 64.1 Å². The lowest BCUT2D eigenvalue weighted by molar-refractivity contribution is 0.501. The van der Waals surface area contributed by atoms with Crippen LogP contribution in [-0.4, -0.2) is 15.0 Å². The van der Waals surface area contributed by atoms with E-state index in [1.54, 1.807) is 12.1 Å². The summed E-state index contributed by atoms with van der Waals surface area (Å²) in [4.78, 5) is 0.319. The molecule has 1 N–H and O–H groups in total. The molecule has 0 bridgehead atoms. The van der Waals surface area contributed by atoms with Crippen LogP contribution in [0.1, 0.15) is 30.5 Å². The van der Waals surface area contributed by atoms with Crippen molar-refractivity contribution in [1.29, 1.82) is 0 Å². The van der Waals surface area contributed by atoms with Gasteiger partial charge in [0.15, 0.2) is 0 Å². The molecule has 2 rings (SSSR count). The van der Waals surface area contributed by atoms with E-state index in [2.05, 4.69) is 4.72 Å². The first-order valence-electron chi connectivity index (χ1n) is 7.35. The van der Waals surface area contributed by atoms with Crippen LogP contribution in [0, 0.1) is 13.8 Å². The maximum Gasteiger partial charge on any atom is 0.240 e. The van der Waals surface area contributed by atoms with E-state index in [1.165, 1.54) is 0 Å². The SMILES string of the molecule is Cc1ccc(S(=O)(=O)NCC(C)(C)c2ccccc2)cc1C.